The lowest BCUT2D eigenvalue weighted by Crippen LogP contribution is -2.22. The third kappa shape index (κ3) is 3.95. The Bertz CT molecular complexity index is 1270. The molecule has 0 radical (unpaired) electrons. The number of H-pyrrole nitrogens is 1. The number of carbonyl (C=O) groups is 1. The van der Waals surface area contributed by atoms with E-state index >= 15 is 0 Å². The highest BCUT2D eigenvalue weighted by Gasteiger charge is 2.18. The highest BCUT2D eigenvalue weighted by atomic mass is 32.1. The van der Waals surface area contributed by atoms with E-state index in [0.717, 1.165) is 16.8 Å². The second-order valence-corrected chi connectivity index (χ2v) is 7.78. The van der Waals surface area contributed by atoms with Gasteiger partial charge in [-0.1, -0.05) is 42.0 Å². The Balaban J connectivity index is 1.57. The highest BCUT2D eigenvalue weighted by molar-refractivity contribution is 7.12. The number of hydrogen-bond acceptors (Lipinski definition) is 4. The Labute approximate surface area is 176 Å². The minimum atomic E-state index is -0.527. The predicted octanol–water partition coefficient (Wildman–Crippen LogP) is 4.23. The van der Waals surface area contributed by atoms with Crippen LogP contribution >= 0.6 is 11.3 Å². The molecule has 0 saturated heterocycles. The SMILES string of the molecule is Cc1ccc(-c2csc(-n3[nH]c(C)c(CC(=O)Nc4ccccc4F)c3=O)n2)cc1. The molecular formula is C22H19FN4O2S. The normalized spacial score (nSPS) is 10.9. The Morgan fingerprint density at radius 3 is 2.63 bits per heavy atom. The van der Waals surface area contributed by atoms with Crippen LogP contribution in [-0.2, 0) is 11.2 Å². The van der Waals surface area contributed by atoms with Gasteiger partial charge in [-0.25, -0.2) is 9.37 Å². The van der Waals surface area contributed by atoms with E-state index in [9.17, 15) is 14.0 Å². The molecule has 1 amide bonds. The number of nitrogens with one attached hydrogen (secondary N) is 2. The van der Waals surface area contributed by atoms with Crippen LogP contribution in [0.3, 0.4) is 0 Å². The number of aromatic amines is 1. The van der Waals surface area contributed by atoms with Crippen molar-refractivity contribution in [2.75, 3.05) is 5.32 Å². The number of carbonyl (C=O) groups excluding carboxylic acids is 1. The summed E-state index contributed by atoms with van der Waals surface area (Å²) in [6.07, 6.45) is -0.168. The number of aromatic nitrogens is 3. The van der Waals surface area contributed by atoms with Crippen LogP contribution in [0.5, 0.6) is 0 Å². The van der Waals surface area contributed by atoms with Crippen LogP contribution in [0.15, 0.2) is 58.7 Å². The molecule has 2 N–H and O–H groups in total. The molecule has 0 aliphatic rings. The molecule has 6 nitrogen and oxygen atoms in total. The first-order valence-corrected chi connectivity index (χ1v) is 10.2. The molecule has 0 unspecified atom stereocenters. The van der Waals surface area contributed by atoms with Crippen molar-refractivity contribution in [1.29, 1.82) is 0 Å². The Kier molecular flexibility index (Phi) is 5.33. The number of nitrogens with zero attached hydrogens (tertiary/aromatic N) is 2. The van der Waals surface area contributed by atoms with Gasteiger partial charge in [0.25, 0.3) is 5.56 Å². The van der Waals surface area contributed by atoms with Crippen LogP contribution in [0.1, 0.15) is 16.8 Å². The van der Waals surface area contributed by atoms with Gasteiger partial charge in [0, 0.05) is 22.2 Å². The van der Waals surface area contributed by atoms with E-state index in [-0.39, 0.29) is 17.7 Å². The molecule has 2 aromatic heterocycles. The van der Waals surface area contributed by atoms with E-state index in [1.165, 1.54) is 28.2 Å². The second kappa shape index (κ2) is 8.08. The molecule has 0 bridgehead atoms. The number of benzene rings is 2. The Morgan fingerprint density at radius 1 is 1.17 bits per heavy atom. The fraction of sp³-hybridized carbons (Fsp3) is 0.136. The monoisotopic (exact) mass is 422 g/mol. The number of thiazole rings is 1. The van der Waals surface area contributed by atoms with Crippen LogP contribution in [0.4, 0.5) is 10.1 Å². The summed E-state index contributed by atoms with van der Waals surface area (Å²) >= 11 is 1.33. The van der Waals surface area contributed by atoms with Gasteiger partial charge in [-0.15, -0.1) is 11.3 Å². The summed E-state index contributed by atoms with van der Waals surface area (Å²) in [7, 11) is 0. The number of rotatable bonds is 5. The van der Waals surface area contributed by atoms with Gasteiger partial charge in [-0.05, 0) is 26.0 Å². The first kappa shape index (κ1) is 19.8. The quantitative estimate of drug-likeness (QED) is 0.505. The summed E-state index contributed by atoms with van der Waals surface area (Å²) in [5.74, 6) is -0.994. The summed E-state index contributed by atoms with van der Waals surface area (Å²) in [4.78, 5) is 29.8. The maximum absolute atomic E-state index is 13.7. The summed E-state index contributed by atoms with van der Waals surface area (Å²) in [6, 6.07) is 13.9. The molecule has 152 valence electrons. The molecule has 0 spiro atoms. The summed E-state index contributed by atoms with van der Waals surface area (Å²) in [5, 5.41) is 7.85. The number of para-hydroxylation sites is 1. The van der Waals surface area contributed by atoms with Crippen molar-refractivity contribution < 1.29 is 9.18 Å². The van der Waals surface area contributed by atoms with E-state index in [1.807, 2.05) is 36.6 Å². The molecule has 2 aromatic carbocycles. The number of aryl methyl sites for hydroxylation is 2. The minimum absolute atomic E-state index is 0.0821. The van der Waals surface area contributed by atoms with Gasteiger partial charge in [-0.3, -0.25) is 14.7 Å². The number of anilines is 1. The van der Waals surface area contributed by atoms with Crippen LogP contribution in [0.25, 0.3) is 16.4 Å². The van der Waals surface area contributed by atoms with Crippen molar-refractivity contribution in [2.24, 2.45) is 0 Å². The molecule has 0 aliphatic heterocycles. The molecular weight excluding hydrogens is 403 g/mol. The van der Waals surface area contributed by atoms with Crippen molar-refractivity contribution in [3.8, 4) is 16.4 Å². The van der Waals surface area contributed by atoms with E-state index in [1.54, 1.807) is 19.1 Å². The smallest absolute Gasteiger partial charge is 0.277 e. The lowest BCUT2D eigenvalue weighted by Gasteiger charge is -2.05. The Hall–Kier alpha value is -3.52. The number of halogens is 1. The largest absolute Gasteiger partial charge is 0.323 e. The van der Waals surface area contributed by atoms with Gasteiger partial charge >= 0.3 is 0 Å². The van der Waals surface area contributed by atoms with E-state index < -0.39 is 11.7 Å². The Morgan fingerprint density at radius 2 is 1.90 bits per heavy atom. The zero-order valence-corrected chi connectivity index (χ0v) is 17.2. The van der Waals surface area contributed by atoms with Crippen LogP contribution < -0.4 is 10.9 Å². The van der Waals surface area contributed by atoms with Crippen molar-refractivity contribution in [3.63, 3.8) is 0 Å². The van der Waals surface area contributed by atoms with Crippen molar-refractivity contribution >= 4 is 22.9 Å². The lowest BCUT2D eigenvalue weighted by molar-refractivity contribution is -0.115. The van der Waals surface area contributed by atoms with Crippen LogP contribution in [-0.4, -0.2) is 20.7 Å². The van der Waals surface area contributed by atoms with Crippen LogP contribution in [0, 0.1) is 19.7 Å². The van der Waals surface area contributed by atoms with Gasteiger partial charge in [0.1, 0.15) is 5.82 Å². The van der Waals surface area contributed by atoms with Crippen molar-refractivity contribution in [1.82, 2.24) is 14.8 Å². The lowest BCUT2D eigenvalue weighted by atomic mass is 10.1. The first-order chi connectivity index (χ1) is 14.4. The predicted molar refractivity (Wildman–Crippen MR) is 116 cm³/mol. The fourth-order valence-corrected chi connectivity index (χ4v) is 3.86. The molecule has 8 heteroatoms. The average molecular weight is 422 g/mol. The molecule has 4 rings (SSSR count). The number of hydrogen-bond donors (Lipinski definition) is 2. The van der Waals surface area contributed by atoms with Crippen LogP contribution in [0.2, 0.25) is 0 Å². The third-order valence-corrected chi connectivity index (χ3v) is 5.54. The average Bonchev–Trinajstić information content (AvgIpc) is 3.31. The molecule has 2 heterocycles. The zero-order chi connectivity index (χ0) is 21.3. The van der Waals surface area contributed by atoms with E-state index in [4.69, 9.17) is 0 Å². The van der Waals surface area contributed by atoms with Gasteiger partial charge in [0.05, 0.1) is 17.8 Å². The zero-order valence-electron chi connectivity index (χ0n) is 16.4. The summed E-state index contributed by atoms with van der Waals surface area (Å²) in [5.41, 5.74) is 3.51. The molecule has 0 aliphatic carbocycles. The standard InChI is InChI=1S/C22H19FN4O2S/c1-13-7-9-15(10-8-13)19-12-30-22(25-19)27-21(29)16(14(2)26-27)11-20(28)24-18-6-4-3-5-17(18)23/h3-10,12,26H,11H2,1-2H3,(H,24,28). The van der Waals surface area contributed by atoms with E-state index in [2.05, 4.69) is 15.4 Å². The molecule has 0 saturated carbocycles. The third-order valence-electron chi connectivity index (χ3n) is 4.71. The molecule has 4 aromatic rings. The minimum Gasteiger partial charge on any atom is -0.323 e. The molecule has 0 fully saturated rings. The van der Waals surface area contributed by atoms with Crippen molar-refractivity contribution in [2.45, 2.75) is 20.3 Å². The topological polar surface area (TPSA) is 79.8 Å². The number of amides is 1. The van der Waals surface area contributed by atoms with E-state index in [0.29, 0.717) is 16.4 Å². The second-order valence-electron chi connectivity index (χ2n) is 6.94. The molecule has 0 atom stereocenters. The summed E-state index contributed by atoms with van der Waals surface area (Å²) < 4.78 is 15.1. The van der Waals surface area contributed by atoms with Gasteiger partial charge in [-0.2, -0.15) is 4.68 Å². The first-order valence-electron chi connectivity index (χ1n) is 9.30. The molecule has 30 heavy (non-hydrogen) atoms. The van der Waals surface area contributed by atoms with Gasteiger partial charge < -0.3 is 5.32 Å². The fourth-order valence-electron chi connectivity index (χ4n) is 3.07. The highest BCUT2D eigenvalue weighted by Crippen LogP contribution is 2.24. The van der Waals surface area contributed by atoms with Gasteiger partial charge in [0.15, 0.2) is 0 Å². The van der Waals surface area contributed by atoms with Crippen molar-refractivity contribution in [3.05, 3.63) is 86.9 Å². The van der Waals surface area contributed by atoms with Gasteiger partial charge in [0.2, 0.25) is 11.0 Å². The summed E-state index contributed by atoms with van der Waals surface area (Å²) in [6.45, 7) is 3.74. The maximum Gasteiger partial charge on any atom is 0.277 e. The maximum atomic E-state index is 13.7.